The van der Waals surface area contributed by atoms with Crippen LogP contribution in [0, 0.1) is 0 Å². The molecule has 1 rings (SSSR count). The van der Waals surface area contributed by atoms with Crippen LogP contribution in [0.5, 0.6) is 0 Å². The Morgan fingerprint density at radius 2 is 1.86 bits per heavy atom. The van der Waals surface area contributed by atoms with Crippen LogP contribution in [0.4, 0.5) is 0 Å². The second-order valence-corrected chi connectivity index (χ2v) is 3.89. The first-order valence-corrected chi connectivity index (χ1v) is 5.73. The van der Waals surface area contributed by atoms with E-state index in [1.165, 1.54) is 25.7 Å². The standard InChI is InChI=1S/C11H23NO2/c1-13-8-4-10-14-9-3-2-7-12-11-5-6-11/h11-12H,2-10H2,1H3. The SMILES string of the molecule is COCCCOCCCCNC1CC1. The van der Waals surface area contributed by atoms with Gasteiger partial charge in [-0.2, -0.15) is 0 Å². The van der Waals surface area contributed by atoms with Crippen molar-refractivity contribution in [2.75, 3.05) is 33.5 Å². The molecule has 0 aliphatic heterocycles. The van der Waals surface area contributed by atoms with Gasteiger partial charge in [-0.05, 0) is 38.6 Å². The van der Waals surface area contributed by atoms with Crippen molar-refractivity contribution in [1.82, 2.24) is 5.32 Å². The van der Waals surface area contributed by atoms with Gasteiger partial charge in [-0.25, -0.2) is 0 Å². The van der Waals surface area contributed by atoms with Crippen LogP contribution >= 0.6 is 0 Å². The molecule has 0 aromatic carbocycles. The average Bonchev–Trinajstić information content (AvgIpc) is 2.99. The third-order valence-electron chi connectivity index (χ3n) is 2.36. The van der Waals surface area contributed by atoms with Gasteiger partial charge in [0.05, 0.1) is 0 Å². The molecule has 84 valence electrons. The number of methoxy groups -OCH3 is 1. The van der Waals surface area contributed by atoms with Gasteiger partial charge in [-0.1, -0.05) is 0 Å². The summed E-state index contributed by atoms with van der Waals surface area (Å²) in [4.78, 5) is 0. The molecule has 0 heterocycles. The van der Waals surface area contributed by atoms with E-state index < -0.39 is 0 Å². The average molecular weight is 201 g/mol. The molecule has 3 heteroatoms. The zero-order chi connectivity index (χ0) is 10.1. The Balaban J connectivity index is 1.63. The van der Waals surface area contributed by atoms with Crippen LogP contribution in [-0.4, -0.2) is 39.5 Å². The van der Waals surface area contributed by atoms with Crippen molar-refractivity contribution >= 4 is 0 Å². The highest BCUT2D eigenvalue weighted by Crippen LogP contribution is 2.18. The van der Waals surface area contributed by atoms with Gasteiger partial charge in [0, 0.05) is 33.0 Å². The molecule has 1 aliphatic rings. The van der Waals surface area contributed by atoms with E-state index in [4.69, 9.17) is 9.47 Å². The van der Waals surface area contributed by atoms with Crippen molar-refractivity contribution in [3.8, 4) is 0 Å². The van der Waals surface area contributed by atoms with Crippen molar-refractivity contribution in [3.63, 3.8) is 0 Å². The zero-order valence-corrected chi connectivity index (χ0v) is 9.26. The van der Waals surface area contributed by atoms with E-state index >= 15 is 0 Å². The number of nitrogens with one attached hydrogen (secondary N) is 1. The third-order valence-corrected chi connectivity index (χ3v) is 2.36. The molecule has 0 radical (unpaired) electrons. The van der Waals surface area contributed by atoms with Crippen LogP contribution in [0.3, 0.4) is 0 Å². The summed E-state index contributed by atoms with van der Waals surface area (Å²) in [5, 5.41) is 3.49. The van der Waals surface area contributed by atoms with Gasteiger partial charge in [0.15, 0.2) is 0 Å². The van der Waals surface area contributed by atoms with E-state index in [0.717, 1.165) is 38.8 Å². The van der Waals surface area contributed by atoms with E-state index in [-0.39, 0.29) is 0 Å². The lowest BCUT2D eigenvalue weighted by atomic mass is 10.3. The fraction of sp³-hybridized carbons (Fsp3) is 1.00. The number of rotatable bonds is 10. The van der Waals surface area contributed by atoms with Crippen molar-refractivity contribution < 1.29 is 9.47 Å². The van der Waals surface area contributed by atoms with Gasteiger partial charge in [0.1, 0.15) is 0 Å². The van der Waals surface area contributed by atoms with E-state index in [1.54, 1.807) is 7.11 Å². The second kappa shape index (κ2) is 8.21. The summed E-state index contributed by atoms with van der Waals surface area (Å²) in [6.07, 6.45) is 6.19. The lowest BCUT2D eigenvalue weighted by molar-refractivity contribution is 0.100. The van der Waals surface area contributed by atoms with Gasteiger partial charge in [-0.3, -0.25) is 0 Å². The summed E-state index contributed by atoms with van der Waals surface area (Å²) < 4.78 is 10.4. The first-order valence-electron chi connectivity index (χ1n) is 5.73. The largest absolute Gasteiger partial charge is 0.385 e. The predicted octanol–water partition coefficient (Wildman–Crippen LogP) is 1.57. The van der Waals surface area contributed by atoms with Crippen LogP contribution < -0.4 is 5.32 Å². The lowest BCUT2D eigenvalue weighted by Crippen LogP contribution is -2.17. The maximum absolute atomic E-state index is 5.45. The summed E-state index contributed by atoms with van der Waals surface area (Å²) in [5.74, 6) is 0. The van der Waals surface area contributed by atoms with Crippen molar-refractivity contribution in [2.45, 2.75) is 38.1 Å². The zero-order valence-electron chi connectivity index (χ0n) is 9.26. The molecule has 1 saturated carbocycles. The molecule has 1 fully saturated rings. The van der Waals surface area contributed by atoms with Crippen LogP contribution in [0.15, 0.2) is 0 Å². The molecule has 0 bridgehead atoms. The van der Waals surface area contributed by atoms with E-state index in [2.05, 4.69) is 5.32 Å². The quantitative estimate of drug-likeness (QED) is 0.544. The van der Waals surface area contributed by atoms with Gasteiger partial charge in [-0.15, -0.1) is 0 Å². The van der Waals surface area contributed by atoms with Crippen molar-refractivity contribution in [3.05, 3.63) is 0 Å². The molecule has 0 amide bonds. The van der Waals surface area contributed by atoms with Crippen molar-refractivity contribution in [2.24, 2.45) is 0 Å². The number of unbranched alkanes of at least 4 members (excludes halogenated alkanes) is 1. The number of ether oxygens (including phenoxy) is 2. The molecule has 0 spiro atoms. The fourth-order valence-corrected chi connectivity index (χ4v) is 1.33. The van der Waals surface area contributed by atoms with Gasteiger partial charge in [0.2, 0.25) is 0 Å². The van der Waals surface area contributed by atoms with Gasteiger partial charge >= 0.3 is 0 Å². The van der Waals surface area contributed by atoms with Crippen LogP contribution in [0.2, 0.25) is 0 Å². The Morgan fingerprint density at radius 1 is 1.07 bits per heavy atom. The smallest absolute Gasteiger partial charge is 0.0487 e. The highest BCUT2D eigenvalue weighted by atomic mass is 16.5. The molecular weight excluding hydrogens is 178 g/mol. The molecule has 1 N–H and O–H groups in total. The Bertz CT molecular complexity index is 126. The molecular formula is C11H23NO2. The van der Waals surface area contributed by atoms with Crippen LogP contribution in [-0.2, 0) is 9.47 Å². The van der Waals surface area contributed by atoms with Gasteiger partial charge in [0.25, 0.3) is 0 Å². The Labute approximate surface area is 87.2 Å². The summed E-state index contributed by atoms with van der Waals surface area (Å²) in [7, 11) is 1.73. The summed E-state index contributed by atoms with van der Waals surface area (Å²) in [5.41, 5.74) is 0. The minimum atomic E-state index is 0.809. The normalized spacial score (nSPS) is 16.1. The minimum Gasteiger partial charge on any atom is -0.385 e. The fourth-order valence-electron chi connectivity index (χ4n) is 1.33. The number of hydrogen-bond acceptors (Lipinski definition) is 3. The first kappa shape index (κ1) is 12.0. The summed E-state index contributed by atoms with van der Waals surface area (Å²) >= 11 is 0. The molecule has 3 nitrogen and oxygen atoms in total. The molecule has 14 heavy (non-hydrogen) atoms. The van der Waals surface area contributed by atoms with E-state index in [9.17, 15) is 0 Å². The summed E-state index contributed by atoms with van der Waals surface area (Å²) in [6.45, 7) is 3.70. The molecule has 0 atom stereocenters. The third kappa shape index (κ3) is 7.30. The molecule has 0 saturated heterocycles. The maximum Gasteiger partial charge on any atom is 0.0487 e. The first-order chi connectivity index (χ1) is 6.93. The molecule has 0 aromatic heterocycles. The van der Waals surface area contributed by atoms with E-state index in [0.29, 0.717) is 0 Å². The van der Waals surface area contributed by atoms with Crippen LogP contribution in [0.25, 0.3) is 0 Å². The Kier molecular flexibility index (Phi) is 7.01. The Hall–Kier alpha value is -0.120. The monoisotopic (exact) mass is 201 g/mol. The van der Waals surface area contributed by atoms with Gasteiger partial charge < -0.3 is 14.8 Å². The van der Waals surface area contributed by atoms with Crippen LogP contribution in [0.1, 0.15) is 32.1 Å². The minimum absolute atomic E-state index is 0.809. The lowest BCUT2D eigenvalue weighted by Gasteiger charge is -2.04. The topological polar surface area (TPSA) is 30.5 Å². The Morgan fingerprint density at radius 3 is 2.57 bits per heavy atom. The highest BCUT2D eigenvalue weighted by molar-refractivity contribution is 4.80. The second-order valence-electron chi connectivity index (χ2n) is 3.89. The molecule has 1 aliphatic carbocycles. The van der Waals surface area contributed by atoms with E-state index in [1.807, 2.05) is 0 Å². The maximum atomic E-state index is 5.45. The molecule has 0 aromatic rings. The molecule has 0 unspecified atom stereocenters. The summed E-state index contributed by atoms with van der Waals surface area (Å²) in [6, 6.07) is 0.845. The van der Waals surface area contributed by atoms with Crippen molar-refractivity contribution in [1.29, 1.82) is 0 Å². The highest BCUT2D eigenvalue weighted by Gasteiger charge is 2.19. The predicted molar refractivity (Wildman–Crippen MR) is 57.6 cm³/mol. The number of hydrogen-bond donors (Lipinski definition) is 1.